The van der Waals surface area contributed by atoms with Crippen molar-refractivity contribution in [2.45, 2.75) is 38.0 Å². The molecule has 2 fully saturated rings. The predicted molar refractivity (Wildman–Crippen MR) is 91.2 cm³/mol. The number of carbonyl (C=O) groups is 2. The molecule has 0 bridgehead atoms. The number of hydrogen-bond acceptors (Lipinski definition) is 2. The molecule has 0 spiro atoms. The Kier molecular flexibility index (Phi) is 5.05. The van der Waals surface area contributed by atoms with Gasteiger partial charge >= 0.3 is 5.97 Å². The number of aliphatic carboxylic acids is 1. The highest BCUT2D eigenvalue weighted by Gasteiger charge is 2.46. The third kappa shape index (κ3) is 4.14. The van der Waals surface area contributed by atoms with Crippen molar-refractivity contribution in [3.05, 3.63) is 34.3 Å². The summed E-state index contributed by atoms with van der Waals surface area (Å²) in [6.07, 6.45) is 3.85. The summed E-state index contributed by atoms with van der Waals surface area (Å²) in [5, 5.41) is 8.82. The van der Waals surface area contributed by atoms with Crippen molar-refractivity contribution in [2.24, 2.45) is 11.8 Å². The Bertz CT molecular complexity index is 604. The van der Waals surface area contributed by atoms with Gasteiger partial charge in [0.25, 0.3) is 0 Å². The molecule has 1 aromatic carbocycles. The number of amides is 1. The maximum absolute atomic E-state index is 12.7. The molecule has 1 heterocycles. The number of piperidine rings is 1. The maximum atomic E-state index is 12.7. The zero-order valence-electron chi connectivity index (χ0n) is 13.1. The van der Waals surface area contributed by atoms with E-state index in [0.717, 1.165) is 36.8 Å². The van der Waals surface area contributed by atoms with E-state index in [1.54, 1.807) is 0 Å². The zero-order valence-corrected chi connectivity index (χ0v) is 14.7. The Morgan fingerprint density at radius 3 is 2.91 bits per heavy atom. The smallest absolute Gasteiger partial charge is 0.303 e. The highest BCUT2D eigenvalue weighted by atomic mass is 79.9. The van der Waals surface area contributed by atoms with Crippen molar-refractivity contribution in [3.8, 4) is 0 Å². The topological polar surface area (TPSA) is 57.6 Å². The Morgan fingerprint density at radius 2 is 2.17 bits per heavy atom. The number of halogens is 1. The van der Waals surface area contributed by atoms with Gasteiger partial charge in [-0.1, -0.05) is 28.1 Å². The van der Waals surface area contributed by atoms with E-state index in [1.165, 1.54) is 5.56 Å². The first kappa shape index (κ1) is 16.5. The molecule has 3 rings (SSSR count). The second kappa shape index (κ2) is 7.04. The van der Waals surface area contributed by atoms with Gasteiger partial charge in [0.2, 0.25) is 5.91 Å². The second-order valence-corrected chi connectivity index (χ2v) is 7.64. The quantitative estimate of drug-likeness (QED) is 0.848. The highest BCUT2D eigenvalue weighted by molar-refractivity contribution is 9.10. The van der Waals surface area contributed by atoms with Crippen LogP contribution < -0.4 is 0 Å². The predicted octanol–water partition coefficient (Wildman–Crippen LogP) is 3.66. The van der Waals surface area contributed by atoms with Gasteiger partial charge in [0.1, 0.15) is 0 Å². The molecule has 1 saturated carbocycles. The Hall–Kier alpha value is -1.36. The van der Waals surface area contributed by atoms with Crippen molar-refractivity contribution < 1.29 is 14.7 Å². The monoisotopic (exact) mass is 379 g/mol. The number of likely N-dealkylation sites (tertiary alicyclic amines) is 1. The lowest BCUT2D eigenvalue weighted by atomic mass is 9.93. The van der Waals surface area contributed by atoms with E-state index in [1.807, 2.05) is 17.0 Å². The summed E-state index contributed by atoms with van der Waals surface area (Å²) in [7, 11) is 0. The van der Waals surface area contributed by atoms with Gasteiger partial charge in [0.05, 0.1) is 0 Å². The SMILES string of the molecule is O=C(O)CC[C@@H]1CCCN(C(=O)[C@@H]2C[C@H]2c2cccc(Br)c2)C1. The van der Waals surface area contributed by atoms with E-state index < -0.39 is 5.97 Å². The summed E-state index contributed by atoms with van der Waals surface area (Å²) in [6, 6.07) is 8.21. The molecule has 1 aliphatic heterocycles. The van der Waals surface area contributed by atoms with Crippen molar-refractivity contribution in [2.75, 3.05) is 13.1 Å². The number of carboxylic acids is 1. The molecule has 1 saturated heterocycles. The molecule has 4 nitrogen and oxygen atoms in total. The lowest BCUT2D eigenvalue weighted by molar-refractivity contribution is -0.137. The molecule has 124 valence electrons. The molecule has 1 N–H and O–H groups in total. The summed E-state index contributed by atoms with van der Waals surface area (Å²) in [5.74, 6) is 0.314. The molecule has 0 radical (unpaired) electrons. The Morgan fingerprint density at radius 1 is 1.35 bits per heavy atom. The Labute approximate surface area is 145 Å². The number of carbonyl (C=O) groups excluding carboxylic acids is 1. The van der Waals surface area contributed by atoms with Crippen molar-refractivity contribution in [3.63, 3.8) is 0 Å². The molecule has 1 aromatic rings. The van der Waals surface area contributed by atoms with Crippen LogP contribution in [0.15, 0.2) is 28.7 Å². The van der Waals surface area contributed by atoms with E-state index in [2.05, 4.69) is 28.1 Å². The lowest BCUT2D eigenvalue weighted by Crippen LogP contribution is -2.41. The summed E-state index contributed by atoms with van der Waals surface area (Å²) in [5.41, 5.74) is 1.23. The average molecular weight is 380 g/mol. The van der Waals surface area contributed by atoms with Gasteiger partial charge in [-0.2, -0.15) is 0 Å². The van der Waals surface area contributed by atoms with Gasteiger partial charge in [-0.15, -0.1) is 0 Å². The normalized spacial score (nSPS) is 26.8. The van der Waals surface area contributed by atoms with Gasteiger partial charge in [0, 0.05) is 29.9 Å². The molecule has 0 unspecified atom stereocenters. The van der Waals surface area contributed by atoms with E-state index in [4.69, 9.17) is 5.11 Å². The summed E-state index contributed by atoms with van der Waals surface area (Å²) in [6.45, 7) is 1.55. The van der Waals surface area contributed by atoms with Gasteiger partial charge in [-0.05, 0) is 55.2 Å². The molecule has 1 amide bonds. The van der Waals surface area contributed by atoms with Gasteiger partial charge in [0.15, 0.2) is 0 Å². The lowest BCUT2D eigenvalue weighted by Gasteiger charge is -2.33. The zero-order chi connectivity index (χ0) is 16.4. The van der Waals surface area contributed by atoms with Crippen LogP contribution in [0.2, 0.25) is 0 Å². The maximum Gasteiger partial charge on any atom is 0.303 e. The van der Waals surface area contributed by atoms with E-state index in [9.17, 15) is 9.59 Å². The van der Waals surface area contributed by atoms with Gasteiger partial charge in [-0.3, -0.25) is 9.59 Å². The highest BCUT2D eigenvalue weighted by Crippen LogP contribution is 2.49. The Balaban J connectivity index is 1.55. The minimum Gasteiger partial charge on any atom is -0.481 e. The number of carboxylic acid groups (broad SMARTS) is 1. The average Bonchev–Trinajstić information content (AvgIpc) is 3.33. The van der Waals surface area contributed by atoms with Crippen LogP contribution in [-0.4, -0.2) is 35.0 Å². The van der Waals surface area contributed by atoms with Crippen LogP contribution in [0, 0.1) is 11.8 Å². The molecular weight excluding hydrogens is 358 g/mol. The van der Waals surface area contributed by atoms with E-state index in [0.29, 0.717) is 18.3 Å². The minimum atomic E-state index is -0.745. The first-order chi connectivity index (χ1) is 11.0. The molecule has 5 heteroatoms. The number of rotatable bonds is 5. The van der Waals surface area contributed by atoms with Crippen LogP contribution in [0.5, 0.6) is 0 Å². The van der Waals surface area contributed by atoms with Crippen LogP contribution >= 0.6 is 15.9 Å². The first-order valence-electron chi connectivity index (χ1n) is 8.30. The fraction of sp³-hybridized carbons (Fsp3) is 0.556. The van der Waals surface area contributed by atoms with Crippen LogP contribution in [0.1, 0.15) is 43.6 Å². The first-order valence-corrected chi connectivity index (χ1v) is 9.10. The van der Waals surface area contributed by atoms with Crippen molar-refractivity contribution in [1.82, 2.24) is 4.90 Å². The van der Waals surface area contributed by atoms with E-state index >= 15 is 0 Å². The van der Waals surface area contributed by atoms with Crippen molar-refractivity contribution in [1.29, 1.82) is 0 Å². The second-order valence-electron chi connectivity index (χ2n) is 6.73. The molecule has 3 atom stereocenters. The summed E-state index contributed by atoms with van der Waals surface area (Å²) >= 11 is 3.49. The molecule has 1 aliphatic carbocycles. The van der Waals surface area contributed by atoms with Crippen LogP contribution in [-0.2, 0) is 9.59 Å². The third-order valence-corrected chi connectivity index (χ3v) is 5.47. The van der Waals surface area contributed by atoms with E-state index in [-0.39, 0.29) is 18.2 Å². The molecular formula is C18H22BrNO3. The van der Waals surface area contributed by atoms with Gasteiger partial charge < -0.3 is 10.0 Å². The largest absolute Gasteiger partial charge is 0.481 e. The fourth-order valence-electron chi connectivity index (χ4n) is 3.64. The van der Waals surface area contributed by atoms with Gasteiger partial charge in [-0.25, -0.2) is 0 Å². The molecule has 0 aromatic heterocycles. The molecule has 2 aliphatic rings. The summed E-state index contributed by atoms with van der Waals surface area (Å²) in [4.78, 5) is 25.4. The molecule has 23 heavy (non-hydrogen) atoms. The van der Waals surface area contributed by atoms with Crippen LogP contribution in [0.25, 0.3) is 0 Å². The third-order valence-electron chi connectivity index (χ3n) is 4.98. The number of hydrogen-bond donors (Lipinski definition) is 1. The number of nitrogens with zero attached hydrogens (tertiary/aromatic N) is 1. The minimum absolute atomic E-state index is 0.113. The van der Waals surface area contributed by atoms with Crippen LogP contribution in [0.3, 0.4) is 0 Å². The summed E-state index contributed by atoms with van der Waals surface area (Å²) < 4.78 is 1.06. The number of benzene rings is 1. The van der Waals surface area contributed by atoms with Crippen LogP contribution in [0.4, 0.5) is 0 Å². The van der Waals surface area contributed by atoms with Crippen molar-refractivity contribution >= 4 is 27.8 Å². The standard InChI is InChI=1S/C18H22BrNO3/c19-14-5-1-4-13(9-14)15-10-16(15)18(23)20-8-2-3-12(11-20)6-7-17(21)22/h1,4-5,9,12,15-16H,2-3,6-8,10-11H2,(H,21,22)/t12-,15-,16+/m0/s1. The fourth-order valence-corrected chi connectivity index (χ4v) is 4.05.